The van der Waals surface area contributed by atoms with Crippen LogP contribution < -0.4 is 5.32 Å². The number of aliphatic hydroxyl groups is 2. The number of rotatable bonds is 6. The van der Waals surface area contributed by atoms with E-state index in [2.05, 4.69) is 5.32 Å². The highest BCUT2D eigenvalue weighted by Gasteiger charge is 2.48. The molecule has 0 saturated carbocycles. The Hall–Kier alpha value is -1.51. The Morgan fingerprint density at radius 1 is 1.32 bits per heavy atom. The van der Waals surface area contributed by atoms with Gasteiger partial charge in [-0.1, -0.05) is 18.2 Å². The van der Waals surface area contributed by atoms with E-state index >= 15 is 0 Å². The van der Waals surface area contributed by atoms with Crippen LogP contribution in [0, 0.1) is 0 Å². The molecule has 1 aromatic rings. The van der Waals surface area contributed by atoms with Crippen molar-refractivity contribution in [3.63, 3.8) is 0 Å². The molecule has 1 fully saturated rings. The highest BCUT2D eigenvalue weighted by atomic mass is 16.7. The third-order valence-corrected chi connectivity index (χ3v) is 3.67. The molecule has 0 aromatic heterocycles. The lowest BCUT2D eigenvalue weighted by Gasteiger charge is -2.24. The van der Waals surface area contributed by atoms with Gasteiger partial charge in [0.05, 0.1) is 6.61 Å². The summed E-state index contributed by atoms with van der Waals surface area (Å²) in [6.45, 7) is -0.472. The van der Waals surface area contributed by atoms with Crippen LogP contribution in [-0.2, 0) is 14.2 Å². The second kappa shape index (κ2) is 7.66. The number of hydrogen-bond acceptors (Lipinski definition) is 6. The zero-order chi connectivity index (χ0) is 16.1. The van der Waals surface area contributed by atoms with Gasteiger partial charge in [-0.25, -0.2) is 0 Å². The summed E-state index contributed by atoms with van der Waals surface area (Å²) in [5, 5.41) is 21.7. The summed E-state index contributed by atoms with van der Waals surface area (Å²) in [5.41, 5.74) is 0.498. The number of benzene rings is 1. The van der Waals surface area contributed by atoms with Gasteiger partial charge in [-0.3, -0.25) is 4.79 Å². The smallest absolute Gasteiger partial charge is 0.251 e. The lowest BCUT2D eigenvalue weighted by Crippen LogP contribution is -2.50. The van der Waals surface area contributed by atoms with Crippen LogP contribution in [0.1, 0.15) is 10.4 Å². The molecule has 0 radical (unpaired) electrons. The van der Waals surface area contributed by atoms with Crippen molar-refractivity contribution >= 4 is 5.91 Å². The number of carbonyl (C=O) groups is 1. The molecule has 122 valence electrons. The van der Waals surface area contributed by atoms with Crippen molar-refractivity contribution in [2.24, 2.45) is 0 Å². The van der Waals surface area contributed by atoms with E-state index < -0.39 is 37.3 Å². The molecule has 2 rings (SSSR count). The summed E-state index contributed by atoms with van der Waals surface area (Å²) < 4.78 is 16.1. The number of amides is 1. The Labute approximate surface area is 128 Å². The van der Waals surface area contributed by atoms with Gasteiger partial charge in [0, 0.05) is 19.8 Å². The molecule has 1 aliphatic rings. The minimum atomic E-state index is -1.12. The quantitative estimate of drug-likeness (QED) is 0.657. The number of carbonyl (C=O) groups excluding carboxylic acids is 1. The fourth-order valence-electron chi connectivity index (χ4n) is 2.55. The summed E-state index contributed by atoms with van der Waals surface area (Å²) >= 11 is 0. The van der Waals surface area contributed by atoms with Crippen molar-refractivity contribution in [1.82, 2.24) is 5.32 Å². The zero-order valence-corrected chi connectivity index (χ0v) is 12.5. The monoisotopic (exact) mass is 311 g/mol. The molecule has 0 bridgehead atoms. The first-order valence-electron chi connectivity index (χ1n) is 6.98. The maximum Gasteiger partial charge on any atom is 0.251 e. The zero-order valence-electron chi connectivity index (χ0n) is 12.5. The molecular formula is C15H21NO6. The van der Waals surface area contributed by atoms with E-state index in [9.17, 15) is 9.90 Å². The number of methoxy groups -OCH3 is 2. The third-order valence-electron chi connectivity index (χ3n) is 3.67. The molecule has 0 aliphatic carbocycles. The number of hydrogen-bond donors (Lipinski definition) is 3. The lowest BCUT2D eigenvalue weighted by atomic mass is 10.0. The highest BCUT2D eigenvalue weighted by Crippen LogP contribution is 2.26. The molecule has 1 heterocycles. The van der Waals surface area contributed by atoms with Crippen LogP contribution in [-0.4, -0.2) is 67.6 Å². The van der Waals surface area contributed by atoms with Crippen LogP contribution in [0.15, 0.2) is 30.3 Å². The Bertz CT molecular complexity index is 482. The summed E-state index contributed by atoms with van der Waals surface area (Å²) in [6, 6.07) is 8.12. The van der Waals surface area contributed by atoms with Crippen molar-refractivity contribution in [3.8, 4) is 0 Å². The van der Waals surface area contributed by atoms with Gasteiger partial charge in [0.1, 0.15) is 24.4 Å². The largest absolute Gasteiger partial charge is 0.394 e. The number of aliphatic hydroxyl groups excluding tert-OH is 2. The molecule has 1 aliphatic heterocycles. The van der Waals surface area contributed by atoms with Crippen molar-refractivity contribution in [3.05, 3.63) is 35.9 Å². The van der Waals surface area contributed by atoms with Gasteiger partial charge in [-0.15, -0.1) is 0 Å². The molecule has 22 heavy (non-hydrogen) atoms. The molecule has 7 heteroatoms. The molecule has 5 atom stereocenters. The molecule has 1 amide bonds. The van der Waals surface area contributed by atoms with Crippen molar-refractivity contribution in [2.45, 2.75) is 30.6 Å². The van der Waals surface area contributed by atoms with Gasteiger partial charge >= 0.3 is 0 Å². The van der Waals surface area contributed by atoms with E-state index in [0.717, 1.165) is 0 Å². The van der Waals surface area contributed by atoms with E-state index in [1.807, 2.05) is 6.07 Å². The maximum atomic E-state index is 12.3. The normalized spacial score (nSPS) is 29.3. The predicted molar refractivity (Wildman–Crippen MR) is 77.3 cm³/mol. The lowest BCUT2D eigenvalue weighted by molar-refractivity contribution is -0.154. The number of ether oxygens (including phenoxy) is 3. The van der Waals surface area contributed by atoms with Crippen LogP contribution in [0.5, 0.6) is 0 Å². The van der Waals surface area contributed by atoms with Crippen molar-refractivity contribution < 1.29 is 29.2 Å². The predicted octanol–water partition coefficient (Wildman–Crippen LogP) is -0.475. The van der Waals surface area contributed by atoms with Crippen LogP contribution >= 0.6 is 0 Å². The second-order valence-corrected chi connectivity index (χ2v) is 5.02. The Morgan fingerprint density at radius 2 is 2.00 bits per heavy atom. The Morgan fingerprint density at radius 3 is 2.55 bits per heavy atom. The van der Waals surface area contributed by atoms with Crippen LogP contribution in [0.2, 0.25) is 0 Å². The average molecular weight is 311 g/mol. The molecule has 1 aromatic carbocycles. The molecule has 0 unspecified atom stereocenters. The highest BCUT2D eigenvalue weighted by molar-refractivity contribution is 5.94. The molecule has 3 N–H and O–H groups in total. The molecule has 7 nitrogen and oxygen atoms in total. The molecule has 0 spiro atoms. The average Bonchev–Trinajstić information content (AvgIpc) is 2.92. The number of nitrogens with one attached hydrogen (secondary N) is 1. The van der Waals surface area contributed by atoms with Crippen LogP contribution in [0.25, 0.3) is 0 Å². The third kappa shape index (κ3) is 3.45. The summed E-state index contributed by atoms with van der Waals surface area (Å²) in [7, 11) is 2.89. The van der Waals surface area contributed by atoms with Gasteiger partial charge < -0.3 is 29.7 Å². The summed E-state index contributed by atoms with van der Waals surface area (Å²) in [6.07, 6.45) is -3.33. The van der Waals surface area contributed by atoms with Crippen LogP contribution in [0.3, 0.4) is 0 Å². The van der Waals surface area contributed by atoms with Crippen molar-refractivity contribution in [1.29, 1.82) is 0 Å². The first-order valence-corrected chi connectivity index (χ1v) is 6.98. The first kappa shape index (κ1) is 16.9. The van der Waals surface area contributed by atoms with Crippen molar-refractivity contribution in [2.75, 3.05) is 20.8 Å². The van der Waals surface area contributed by atoms with Gasteiger partial charge in [0.15, 0.2) is 6.29 Å². The minimum absolute atomic E-state index is 0.294. The van der Waals surface area contributed by atoms with Crippen LogP contribution in [0.4, 0.5) is 0 Å². The summed E-state index contributed by atoms with van der Waals surface area (Å²) in [4.78, 5) is 12.3. The van der Waals surface area contributed by atoms with Gasteiger partial charge in [-0.2, -0.15) is 0 Å². The topological polar surface area (TPSA) is 97.2 Å². The van der Waals surface area contributed by atoms with E-state index in [1.165, 1.54) is 14.2 Å². The van der Waals surface area contributed by atoms with E-state index in [0.29, 0.717) is 5.56 Å². The fraction of sp³-hybridized carbons (Fsp3) is 0.533. The summed E-state index contributed by atoms with van der Waals surface area (Å²) in [5.74, 6) is -0.294. The van der Waals surface area contributed by atoms with Gasteiger partial charge in [0.2, 0.25) is 0 Å². The molecule has 1 saturated heterocycles. The Balaban J connectivity index is 2.14. The maximum absolute atomic E-state index is 12.3. The first-order chi connectivity index (χ1) is 10.6. The van der Waals surface area contributed by atoms with Gasteiger partial charge in [0.25, 0.3) is 5.91 Å². The van der Waals surface area contributed by atoms with E-state index in [1.54, 1.807) is 24.3 Å². The fourth-order valence-corrected chi connectivity index (χ4v) is 2.55. The standard InChI is InChI=1S/C15H21NO6/c1-20-13-11(15(21-2)22-12(13)10(18)8-17)16-14(19)9-6-4-3-5-7-9/h3-7,10-13,15,17-18H,8H2,1-2H3,(H,16,19)/t10-,11-,12-,13+,15-/m1/s1. The SMILES string of the molecule is CO[C@@H]1O[C@H]([C@H](O)CO)[C@@H](OC)[C@H]1NC(=O)c1ccccc1. The molecular weight excluding hydrogens is 290 g/mol. The van der Waals surface area contributed by atoms with Gasteiger partial charge in [-0.05, 0) is 12.1 Å². The van der Waals surface area contributed by atoms with E-state index in [4.69, 9.17) is 19.3 Å². The van der Waals surface area contributed by atoms with E-state index in [-0.39, 0.29) is 5.91 Å². The minimum Gasteiger partial charge on any atom is -0.394 e. The Kier molecular flexibility index (Phi) is 5.87. The second-order valence-electron chi connectivity index (χ2n) is 5.02.